The number of ether oxygens (including phenoxy) is 1. The molecule has 8 heteroatoms. The average molecular weight is 629 g/mol. The molecule has 2 aromatic rings. The maximum absolute atomic E-state index is 11.9. The maximum Gasteiger partial charge on any atom is 0.277 e. The van der Waals surface area contributed by atoms with Crippen molar-refractivity contribution in [2.75, 3.05) is 6.61 Å². The van der Waals surface area contributed by atoms with E-state index in [9.17, 15) is 9.90 Å². The number of hydrazone groups is 1. The molecule has 0 atom stereocenters. The Labute approximate surface area is 181 Å². The summed E-state index contributed by atoms with van der Waals surface area (Å²) in [7, 11) is 0. The smallest absolute Gasteiger partial charge is 0.277 e. The number of amides is 1. The summed E-state index contributed by atoms with van der Waals surface area (Å²) < 4.78 is 8.06. The first-order valence-electron chi connectivity index (χ1n) is 7.17. The molecule has 132 valence electrons. The normalized spacial score (nSPS) is 10.9. The lowest BCUT2D eigenvalue weighted by atomic mass is 10.1. The van der Waals surface area contributed by atoms with E-state index in [1.165, 1.54) is 6.21 Å². The number of carbonyl (C=O) groups is 1. The molecule has 1 amide bonds. The van der Waals surface area contributed by atoms with Crippen molar-refractivity contribution < 1.29 is 14.6 Å². The highest BCUT2D eigenvalue weighted by molar-refractivity contribution is 14.1. The van der Waals surface area contributed by atoms with Crippen molar-refractivity contribution in [2.24, 2.45) is 5.10 Å². The molecule has 25 heavy (non-hydrogen) atoms. The number of nitrogens with one attached hydrogen (secondary N) is 1. The van der Waals surface area contributed by atoms with Gasteiger partial charge in [0.05, 0.1) is 14.3 Å². The monoisotopic (exact) mass is 628 g/mol. The Kier molecular flexibility index (Phi) is 7.50. The van der Waals surface area contributed by atoms with E-state index in [-0.39, 0.29) is 18.3 Å². The van der Waals surface area contributed by atoms with Gasteiger partial charge in [-0.2, -0.15) is 5.10 Å². The molecule has 0 heterocycles. The number of phenolic OH excluding ortho intramolecular Hbond substituents is 1. The number of hydrogen-bond donors (Lipinski definition) is 2. The summed E-state index contributed by atoms with van der Waals surface area (Å²) in [5.41, 5.74) is 4.98. The number of phenols is 1. The molecule has 0 radical (unpaired) electrons. The highest BCUT2D eigenvalue weighted by Gasteiger charge is 2.09. The van der Waals surface area contributed by atoms with Crippen molar-refractivity contribution in [3.63, 3.8) is 0 Å². The standard InChI is InChI=1S/C17H15BrI2N2O3/c1-9-3-10(2)17(13(18)4-9)25-8-15(23)22-21-7-11-5-12(19)6-14(20)16(11)24/h3-7,24H,8H2,1-2H3,(H,22,23). The van der Waals surface area contributed by atoms with E-state index in [0.29, 0.717) is 11.3 Å². The maximum atomic E-state index is 11.9. The molecule has 0 saturated carbocycles. The number of benzene rings is 2. The number of hydrogen-bond acceptors (Lipinski definition) is 4. The third kappa shape index (κ3) is 5.81. The third-order valence-corrected chi connectivity index (χ3v) is 5.21. The number of rotatable bonds is 5. The highest BCUT2D eigenvalue weighted by atomic mass is 127. The Balaban J connectivity index is 1.96. The van der Waals surface area contributed by atoms with Gasteiger partial charge in [-0.05, 0) is 104 Å². The van der Waals surface area contributed by atoms with Crippen molar-refractivity contribution in [3.8, 4) is 11.5 Å². The summed E-state index contributed by atoms with van der Waals surface area (Å²) in [4.78, 5) is 11.9. The summed E-state index contributed by atoms with van der Waals surface area (Å²) >= 11 is 7.63. The van der Waals surface area contributed by atoms with Crippen LogP contribution in [-0.4, -0.2) is 23.8 Å². The fraction of sp³-hybridized carbons (Fsp3) is 0.176. The SMILES string of the molecule is Cc1cc(C)c(OCC(=O)NN=Cc2cc(I)cc(I)c2O)c(Br)c1. The number of aromatic hydroxyl groups is 1. The molecule has 2 N–H and O–H groups in total. The van der Waals surface area contributed by atoms with Gasteiger partial charge in [0.2, 0.25) is 0 Å². The van der Waals surface area contributed by atoms with Crippen LogP contribution in [-0.2, 0) is 4.79 Å². The Morgan fingerprint density at radius 1 is 1.32 bits per heavy atom. The fourth-order valence-electron chi connectivity index (χ4n) is 2.11. The van der Waals surface area contributed by atoms with Gasteiger partial charge in [-0.3, -0.25) is 4.79 Å². The van der Waals surface area contributed by atoms with E-state index in [1.54, 1.807) is 6.07 Å². The van der Waals surface area contributed by atoms with Gasteiger partial charge in [0.25, 0.3) is 5.91 Å². The zero-order valence-electron chi connectivity index (χ0n) is 13.4. The van der Waals surface area contributed by atoms with Gasteiger partial charge in [-0.25, -0.2) is 5.43 Å². The summed E-state index contributed by atoms with van der Waals surface area (Å²) in [6.07, 6.45) is 1.41. The minimum Gasteiger partial charge on any atom is -0.506 e. The van der Waals surface area contributed by atoms with Crippen LogP contribution in [0.4, 0.5) is 0 Å². The molecule has 5 nitrogen and oxygen atoms in total. The van der Waals surface area contributed by atoms with Gasteiger partial charge >= 0.3 is 0 Å². The number of halogens is 3. The molecule has 0 unspecified atom stereocenters. The van der Waals surface area contributed by atoms with Gasteiger partial charge in [-0.15, -0.1) is 0 Å². The molecule has 0 fully saturated rings. The summed E-state index contributed by atoms with van der Waals surface area (Å²) in [5.74, 6) is 0.381. The van der Waals surface area contributed by atoms with Gasteiger partial charge < -0.3 is 9.84 Å². The van der Waals surface area contributed by atoms with Crippen molar-refractivity contribution in [1.82, 2.24) is 5.43 Å². The van der Waals surface area contributed by atoms with E-state index in [1.807, 2.05) is 54.6 Å². The Bertz CT molecular complexity index is 818. The van der Waals surface area contributed by atoms with Gasteiger partial charge in [0, 0.05) is 9.13 Å². The third-order valence-electron chi connectivity index (χ3n) is 3.17. The van der Waals surface area contributed by atoms with E-state index >= 15 is 0 Å². The topological polar surface area (TPSA) is 70.9 Å². The molecule has 2 rings (SSSR count). The number of aryl methyl sites for hydroxylation is 2. The van der Waals surface area contributed by atoms with Gasteiger partial charge in [0.15, 0.2) is 6.61 Å². The second kappa shape index (κ2) is 9.17. The second-order valence-corrected chi connectivity index (χ2v) is 8.56. The second-order valence-electron chi connectivity index (χ2n) is 5.30. The summed E-state index contributed by atoms with van der Waals surface area (Å²) in [6.45, 7) is 3.75. The lowest BCUT2D eigenvalue weighted by Gasteiger charge is -2.11. The Hall–Kier alpha value is -0.880. The lowest BCUT2D eigenvalue weighted by Crippen LogP contribution is -2.24. The van der Waals surface area contributed by atoms with Crippen LogP contribution in [0, 0.1) is 21.0 Å². The van der Waals surface area contributed by atoms with E-state index in [0.717, 1.165) is 22.7 Å². The highest BCUT2D eigenvalue weighted by Crippen LogP contribution is 2.30. The van der Waals surface area contributed by atoms with Crippen LogP contribution in [0.2, 0.25) is 0 Å². The molecule has 2 aromatic carbocycles. The quantitative estimate of drug-likeness (QED) is 0.291. The predicted octanol–water partition coefficient (Wildman–Crippen LogP) is 4.51. The van der Waals surface area contributed by atoms with Crippen LogP contribution in [0.5, 0.6) is 11.5 Å². The van der Waals surface area contributed by atoms with Gasteiger partial charge in [-0.1, -0.05) is 6.07 Å². The number of nitrogens with zero attached hydrogens (tertiary/aromatic N) is 1. The minimum atomic E-state index is -0.386. The van der Waals surface area contributed by atoms with Crippen LogP contribution in [0.3, 0.4) is 0 Å². The molecule has 0 saturated heterocycles. The van der Waals surface area contributed by atoms with Crippen LogP contribution < -0.4 is 10.2 Å². The van der Waals surface area contributed by atoms with Crippen LogP contribution in [0.1, 0.15) is 16.7 Å². The molecule has 0 spiro atoms. The van der Waals surface area contributed by atoms with Crippen molar-refractivity contribution in [1.29, 1.82) is 0 Å². The number of carbonyl (C=O) groups excluding carboxylic acids is 1. The minimum absolute atomic E-state index is 0.134. The molecular weight excluding hydrogens is 614 g/mol. The molecular formula is C17H15BrI2N2O3. The summed E-state index contributed by atoms with van der Waals surface area (Å²) in [6, 6.07) is 7.54. The van der Waals surface area contributed by atoms with E-state index in [4.69, 9.17) is 4.74 Å². The van der Waals surface area contributed by atoms with Crippen LogP contribution in [0.25, 0.3) is 0 Å². The molecule has 0 aliphatic rings. The van der Waals surface area contributed by atoms with Crippen molar-refractivity contribution in [2.45, 2.75) is 13.8 Å². The fourth-order valence-corrected chi connectivity index (χ4v) is 4.79. The van der Waals surface area contributed by atoms with Gasteiger partial charge in [0.1, 0.15) is 11.5 Å². The first kappa shape index (κ1) is 20.4. The van der Waals surface area contributed by atoms with Crippen molar-refractivity contribution >= 4 is 73.2 Å². The van der Waals surface area contributed by atoms with Crippen LogP contribution >= 0.6 is 61.1 Å². The summed E-state index contributed by atoms with van der Waals surface area (Å²) in [5, 5.41) is 13.9. The zero-order valence-corrected chi connectivity index (χ0v) is 19.3. The molecule has 0 aliphatic carbocycles. The van der Waals surface area contributed by atoms with Crippen LogP contribution in [0.15, 0.2) is 33.8 Å². The van der Waals surface area contributed by atoms with E-state index < -0.39 is 0 Å². The predicted molar refractivity (Wildman–Crippen MR) is 118 cm³/mol. The Morgan fingerprint density at radius 3 is 2.72 bits per heavy atom. The lowest BCUT2D eigenvalue weighted by molar-refractivity contribution is -0.123. The van der Waals surface area contributed by atoms with Crippen molar-refractivity contribution in [3.05, 3.63) is 52.6 Å². The molecule has 0 aliphatic heterocycles. The largest absolute Gasteiger partial charge is 0.506 e. The average Bonchev–Trinajstić information content (AvgIpc) is 2.50. The van der Waals surface area contributed by atoms with E-state index in [2.05, 4.69) is 49.0 Å². The zero-order chi connectivity index (χ0) is 18.6. The first-order chi connectivity index (χ1) is 11.8. The Morgan fingerprint density at radius 2 is 2.04 bits per heavy atom. The first-order valence-corrected chi connectivity index (χ1v) is 10.1. The molecule has 0 bridgehead atoms. The molecule has 0 aromatic heterocycles.